The van der Waals surface area contributed by atoms with Gasteiger partial charge in [0.2, 0.25) is 0 Å². The first-order valence-electron chi connectivity index (χ1n) is 5.79. The molecule has 0 aliphatic carbocycles. The lowest BCUT2D eigenvalue weighted by Crippen LogP contribution is -2.37. The molecule has 0 saturated carbocycles. The van der Waals surface area contributed by atoms with Crippen molar-refractivity contribution in [3.63, 3.8) is 0 Å². The number of thiophene rings is 1. The maximum absolute atomic E-state index is 5.86. The molecular weight excluding hydrogens is 316 g/mol. The molecule has 0 bridgehead atoms. The normalized spacial score (nSPS) is 13.2. The highest BCUT2D eigenvalue weighted by atomic mass is 79.9. The lowest BCUT2D eigenvalue weighted by atomic mass is 10.1. The molecule has 1 atom stereocenters. The van der Waals surface area contributed by atoms with Gasteiger partial charge in [0.25, 0.3) is 0 Å². The van der Waals surface area contributed by atoms with Crippen LogP contribution >= 0.6 is 39.0 Å². The summed E-state index contributed by atoms with van der Waals surface area (Å²) in [6.07, 6.45) is 4.60. The molecule has 17 heavy (non-hydrogen) atoms. The fourth-order valence-corrected chi connectivity index (χ4v) is 3.76. The van der Waals surface area contributed by atoms with E-state index in [9.17, 15) is 0 Å². The van der Waals surface area contributed by atoms with E-state index in [0.29, 0.717) is 6.04 Å². The minimum atomic E-state index is 0.503. The summed E-state index contributed by atoms with van der Waals surface area (Å²) in [7, 11) is 2.17. The van der Waals surface area contributed by atoms with Crippen LogP contribution in [0.5, 0.6) is 0 Å². The van der Waals surface area contributed by atoms with Crippen molar-refractivity contribution in [2.45, 2.75) is 25.4 Å². The van der Waals surface area contributed by atoms with Gasteiger partial charge in [0.05, 0.1) is 0 Å². The molecule has 98 valence electrons. The minimum absolute atomic E-state index is 0.503. The van der Waals surface area contributed by atoms with E-state index in [1.807, 2.05) is 11.8 Å². The van der Waals surface area contributed by atoms with Gasteiger partial charge in [0.15, 0.2) is 0 Å². The Kier molecular flexibility index (Phi) is 7.78. The zero-order valence-electron chi connectivity index (χ0n) is 10.5. The monoisotopic (exact) mass is 336 g/mol. The first-order valence-corrected chi connectivity index (χ1v) is 8.86. The van der Waals surface area contributed by atoms with Crippen molar-refractivity contribution in [3.05, 3.63) is 20.8 Å². The largest absolute Gasteiger partial charge is 0.329 e. The first kappa shape index (κ1) is 15.5. The van der Waals surface area contributed by atoms with E-state index in [1.54, 1.807) is 11.3 Å². The second kappa shape index (κ2) is 8.53. The van der Waals surface area contributed by atoms with Gasteiger partial charge in [-0.3, -0.25) is 4.90 Å². The van der Waals surface area contributed by atoms with E-state index in [-0.39, 0.29) is 0 Å². The lowest BCUT2D eigenvalue weighted by molar-refractivity contribution is 0.228. The van der Waals surface area contributed by atoms with Gasteiger partial charge in [0, 0.05) is 33.9 Å². The lowest BCUT2D eigenvalue weighted by Gasteiger charge is -2.26. The number of halogens is 1. The Labute approximate surface area is 121 Å². The van der Waals surface area contributed by atoms with Crippen LogP contribution in [-0.2, 0) is 6.54 Å². The Bertz CT molecular complexity index is 317. The number of nitrogens with zero attached hydrogens (tertiary/aromatic N) is 1. The summed E-state index contributed by atoms with van der Waals surface area (Å²) in [5.41, 5.74) is 5.86. The highest BCUT2D eigenvalue weighted by Crippen LogP contribution is 2.22. The standard InChI is InChI=1S/C12H21BrN2S2/c1-15(8-12-6-10(13)9-17-12)11(7-14)4-3-5-16-2/h6,9,11H,3-5,7-8,14H2,1-2H3. The first-order chi connectivity index (χ1) is 8.17. The van der Waals surface area contributed by atoms with E-state index < -0.39 is 0 Å². The van der Waals surface area contributed by atoms with Crippen molar-refractivity contribution in [3.8, 4) is 0 Å². The number of hydrogen-bond acceptors (Lipinski definition) is 4. The molecule has 2 N–H and O–H groups in total. The predicted molar refractivity (Wildman–Crippen MR) is 83.9 cm³/mol. The molecule has 1 aromatic heterocycles. The molecule has 0 radical (unpaired) electrons. The molecule has 0 saturated heterocycles. The second-order valence-corrected chi connectivity index (χ2v) is 7.07. The Hall–Kier alpha value is 0.450. The van der Waals surface area contributed by atoms with Crippen LogP contribution in [-0.4, -0.2) is 36.5 Å². The molecule has 2 nitrogen and oxygen atoms in total. The summed E-state index contributed by atoms with van der Waals surface area (Å²) in [5.74, 6) is 1.23. The summed E-state index contributed by atoms with van der Waals surface area (Å²) < 4.78 is 1.18. The summed E-state index contributed by atoms with van der Waals surface area (Å²) >= 11 is 7.20. The highest BCUT2D eigenvalue weighted by Gasteiger charge is 2.13. The van der Waals surface area contributed by atoms with Crippen molar-refractivity contribution < 1.29 is 0 Å². The Balaban J connectivity index is 2.40. The summed E-state index contributed by atoms with van der Waals surface area (Å²) in [6, 6.07) is 2.69. The van der Waals surface area contributed by atoms with Gasteiger partial charge in [-0.05, 0) is 53.9 Å². The summed E-state index contributed by atoms with van der Waals surface area (Å²) in [4.78, 5) is 3.76. The highest BCUT2D eigenvalue weighted by molar-refractivity contribution is 9.10. The number of nitrogens with two attached hydrogens (primary N) is 1. The van der Waals surface area contributed by atoms with E-state index in [2.05, 4.69) is 45.6 Å². The molecule has 1 unspecified atom stereocenters. The average Bonchev–Trinajstić information content (AvgIpc) is 2.70. The third kappa shape index (κ3) is 5.75. The second-order valence-electron chi connectivity index (χ2n) is 4.17. The molecule has 0 amide bonds. The zero-order valence-corrected chi connectivity index (χ0v) is 13.7. The van der Waals surface area contributed by atoms with Crippen molar-refractivity contribution >= 4 is 39.0 Å². The number of likely N-dealkylation sites (N-methyl/N-ethyl adjacent to an activating group) is 1. The van der Waals surface area contributed by atoms with E-state index in [4.69, 9.17) is 5.73 Å². The van der Waals surface area contributed by atoms with Gasteiger partial charge in [-0.15, -0.1) is 11.3 Å². The van der Waals surface area contributed by atoms with Crippen LogP contribution < -0.4 is 5.73 Å². The van der Waals surface area contributed by atoms with Crippen LogP contribution in [0.3, 0.4) is 0 Å². The van der Waals surface area contributed by atoms with Crippen LogP contribution in [0.2, 0.25) is 0 Å². The van der Waals surface area contributed by atoms with Crippen LogP contribution in [0.4, 0.5) is 0 Å². The van der Waals surface area contributed by atoms with Gasteiger partial charge < -0.3 is 5.73 Å². The van der Waals surface area contributed by atoms with E-state index in [0.717, 1.165) is 13.1 Å². The third-order valence-corrected chi connectivity index (χ3v) is 5.19. The topological polar surface area (TPSA) is 29.3 Å². The summed E-state index contributed by atoms with van der Waals surface area (Å²) in [6.45, 7) is 1.74. The smallest absolute Gasteiger partial charge is 0.0328 e. The van der Waals surface area contributed by atoms with Gasteiger partial charge in [0.1, 0.15) is 0 Å². The molecule has 1 rings (SSSR count). The quantitative estimate of drug-likeness (QED) is 0.737. The van der Waals surface area contributed by atoms with Crippen molar-refractivity contribution in [2.75, 3.05) is 25.6 Å². The van der Waals surface area contributed by atoms with Gasteiger partial charge >= 0.3 is 0 Å². The average molecular weight is 337 g/mol. The Morgan fingerprint density at radius 3 is 2.88 bits per heavy atom. The van der Waals surface area contributed by atoms with E-state index >= 15 is 0 Å². The van der Waals surface area contributed by atoms with Gasteiger partial charge in [-0.2, -0.15) is 11.8 Å². The van der Waals surface area contributed by atoms with Gasteiger partial charge in [-0.25, -0.2) is 0 Å². The molecule has 0 aromatic carbocycles. The van der Waals surface area contributed by atoms with Crippen LogP contribution in [0, 0.1) is 0 Å². The van der Waals surface area contributed by atoms with Crippen molar-refractivity contribution in [1.29, 1.82) is 0 Å². The van der Waals surface area contributed by atoms with Crippen LogP contribution in [0.25, 0.3) is 0 Å². The zero-order chi connectivity index (χ0) is 12.7. The molecule has 1 aromatic rings. The SMILES string of the molecule is CSCCCC(CN)N(C)Cc1cc(Br)cs1. The third-order valence-electron chi connectivity index (χ3n) is 2.81. The minimum Gasteiger partial charge on any atom is -0.329 e. The molecular formula is C12H21BrN2S2. The fourth-order valence-electron chi connectivity index (χ4n) is 1.79. The Morgan fingerprint density at radius 1 is 1.59 bits per heavy atom. The maximum Gasteiger partial charge on any atom is 0.0328 e. The van der Waals surface area contributed by atoms with Crippen molar-refractivity contribution in [1.82, 2.24) is 4.90 Å². The number of thioether (sulfide) groups is 1. The predicted octanol–water partition coefficient (Wildman–Crippen LogP) is 3.41. The molecule has 1 heterocycles. The fraction of sp³-hybridized carbons (Fsp3) is 0.667. The van der Waals surface area contributed by atoms with Crippen molar-refractivity contribution in [2.24, 2.45) is 5.73 Å². The number of hydrogen-bond donors (Lipinski definition) is 1. The maximum atomic E-state index is 5.86. The van der Waals surface area contributed by atoms with Gasteiger partial charge in [-0.1, -0.05) is 0 Å². The summed E-state index contributed by atoms with van der Waals surface area (Å²) in [5, 5.41) is 2.13. The molecule has 0 aliphatic rings. The number of rotatable bonds is 8. The molecule has 0 aliphatic heterocycles. The molecule has 0 spiro atoms. The molecule has 0 fully saturated rings. The molecule has 5 heteroatoms. The van der Waals surface area contributed by atoms with Crippen LogP contribution in [0.15, 0.2) is 15.9 Å². The van der Waals surface area contributed by atoms with Crippen LogP contribution in [0.1, 0.15) is 17.7 Å². The van der Waals surface area contributed by atoms with E-state index in [1.165, 1.54) is 27.9 Å². The Morgan fingerprint density at radius 2 is 2.35 bits per heavy atom.